The van der Waals surface area contributed by atoms with Crippen LogP contribution in [-0.2, 0) is 9.53 Å². The first-order valence-corrected chi connectivity index (χ1v) is 7.42. The van der Waals surface area contributed by atoms with Crippen molar-refractivity contribution < 1.29 is 14.3 Å². The maximum Gasteiger partial charge on any atom is 0.339 e. The average Bonchev–Trinajstić information content (AvgIpc) is 2.93. The Morgan fingerprint density at radius 3 is 2.74 bits per heavy atom. The van der Waals surface area contributed by atoms with E-state index in [1.807, 2.05) is 18.2 Å². The molecule has 0 fully saturated rings. The molecule has 0 atom stereocenters. The molecule has 0 aliphatic heterocycles. The summed E-state index contributed by atoms with van der Waals surface area (Å²) < 4.78 is 5.84. The topological polar surface area (TPSA) is 55.4 Å². The molecule has 98 valence electrons. The molecule has 2 aromatic rings. The van der Waals surface area contributed by atoms with Crippen molar-refractivity contribution in [3.05, 3.63) is 50.2 Å². The second-order valence-electron chi connectivity index (χ2n) is 3.62. The Morgan fingerprint density at radius 1 is 1.26 bits per heavy atom. The molecular formula is C13H10INO3S. The number of esters is 1. The SMILES string of the molecule is O=C(COC(=O)c1ccsc1)Nc1ccccc1I. The summed E-state index contributed by atoms with van der Waals surface area (Å²) in [6.45, 7) is -0.292. The lowest BCUT2D eigenvalue weighted by atomic mass is 10.3. The summed E-state index contributed by atoms with van der Waals surface area (Å²) in [6, 6.07) is 9.04. The second-order valence-corrected chi connectivity index (χ2v) is 5.56. The van der Waals surface area contributed by atoms with E-state index in [4.69, 9.17) is 4.74 Å². The number of amides is 1. The molecule has 1 aromatic carbocycles. The molecule has 6 heteroatoms. The average molecular weight is 387 g/mol. The summed E-state index contributed by atoms with van der Waals surface area (Å²) in [6.07, 6.45) is 0. The molecule has 1 amide bonds. The van der Waals surface area contributed by atoms with Gasteiger partial charge in [0.2, 0.25) is 0 Å². The fourth-order valence-electron chi connectivity index (χ4n) is 1.34. The highest BCUT2D eigenvalue weighted by Gasteiger charge is 2.11. The van der Waals surface area contributed by atoms with Crippen LogP contribution in [0.1, 0.15) is 10.4 Å². The van der Waals surface area contributed by atoms with Gasteiger partial charge in [0.25, 0.3) is 5.91 Å². The van der Waals surface area contributed by atoms with Crippen LogP contribution in [0.5, 0.6) is 0 Å². The van der Waals surface area contributed by atoms with Gasteiger partial charge in [-0.2, -0.15) is 11.3 Å². The summed E-state index contributed by atoms with van der Waals surface area (Å²) in [5, 5.41) is 6.15. The highest BCUT2D eigenvalue weighted by Crippen LogP contribution is 2.16. The first kappa shape index (κ1) is 14.0. The highest BCUT2D eigenvalue weighted by molar-refractivity contribution is 14.1. The van der Waals surface area contributed by atoms with E-state index in [0.29, 0.717) is 11.3 Å². The van der Waals surface area contributed by atoms with Crippen LogP contribution in [0.3, 0.4) is 0 Å². The Bertz CT molecular complexity index is 583. The standard InChI is InChI=1S/C13H10INO3S/c14-10-3-1-2-4-11(10)15-12(16)7-18-13(17)9-5-6-19-8-9/h1-6,8H,7H2,(H,15,16). The molecule has 0 saturated heterocycles. The number of thiophene rings is 1. The Labute approximate surface area is 127 Å². The van der Waals surface area contributed by atoms with Crippen molar-refractivity contribution in [3.63, 3.8) is 0 Å². The van der Waals surface area contributed by atoms with E-state index >= 15 is 0 Å². The maximum atomic E-state index is 11.6. The lowest BCUT2D eigenvalue weighted by molar-refractivity contribution is -0.119. The third-order valence-electron chi connectivity index (χ3n) is 2.24. The summed E-state index contributed by atoms with van der Waals surface area (Å²) in [5.41, 5.74) is 1.17. The molecule has 0 saturated carbocycles. The van der Waals surface area contributed by atoms with Crippen molar-refractivity contribution >= 4 is 51.5 Å². The number of benzene rings is 1. The first-order chi connectivity index (χ1) is 9.16. The van der Waals surface area contributed by atoms with Gasteiger partial charge >= 0.3 is 5.97 Å². The van der Waals surface area contributed by atoms with Gasteiger partial charge in [0, 0.05) is 8.95 Å². The van der Waals surface area contributed by atoms with Crippen LogP contribution < -0.4 is 5.32 Å². The van der Waals surface area contributed by atoms with Gasteiger partial charge in [-0.05, 0) is 46.2 Å². The number of anilines is 1. The smallest absolute Gasteiger partial charge is 0.339 e. The van der Waals surface area contributed by atoms with Crippen molar-refractivity contribution in [2.24, 2.45) is 0 Å². The first-order valence-electron chi connectivity index (χ1n) is 5.40. The van der Waals surface area contributed by atoms with Crippen molar-refractivity contribution in [1.82, 2.24) is 0 Å². The Morgan fingerprint density at radius 2 is 2.05 bits per heavy atom. The molecule has 2 rings (SSSR count). The largest absolute Gasteiger partial charge is 0.452 e. The number of carbonyl (C=O) groups is 2. The molecule has 0 aliphatic rings. The molecule has 4 nitrogen and oxygen atoms in total. The lowest BCUT2D eigenvalue weighted by Crippen LogP contribution is -2.21. The van der Waals surface area contributed by atoms with Gasteiger partial charge in [-0.3, -0.25) is 4.79 Å². The number of halogens is 1. The van der Waals surface area contributed by atoms with Gasteiger partial charge in [0.15, 0.2) is 6.61 Å². The molecule has 19 heavy (non-hydrogen) atoms. The molecule has 1 aromatic heterocycles. The minimum Gasteiger partial charge on any atom is -0.452 e. The number of carbonyl (C=O) groups excluding carboxylic acids is 2. The molecule has 0 unspecified atom stereocenters. The lowest BCUT2D eigenvalue weighted by Gasteiger charge is -2.07. The zero-order valence-electron chi connectivity index (χ0n) is 9.76. The van der Waals surface area contributed by atoms with E-state index in [1.165, 1.54) is 11.3 Å². The quantitative estimate of drug-likeness (QED) is 0.648. The number of ether oxygens (including phenoxy) is 1. The van der Waals surface area contributed by atoms with Crippen molar-refractivity contribution in [2.75, 3.05) is 11.9 Å². The number of para-hydroxylation sites is 1. The minimum absolute atomic E-state index is 0.292. The van der Waals surface area contributed by atoms with Crippen LogP contribution in [0.25, 0.3) is 0 Å². The predicted molar refractivity (Wildman–Crippen MR) is 82.4 cm³/mol. The Hall–Kier alpha value is -1.41. The van der Waals surface area contributed by atoms with E-state index in [-0.39, 0.29) is 12.5 Å². The van der Waals surface area contributed by atoms with Gasteiger partial charge in [0.1, 0.15) is 0 Å². The van der Waals surface area contributed by atoms with Gasteiger partial charge < -0.3 is 10.1 Å². The highest BCUT2D eigenvalue weighted by atomic mass is 127. The number of hydrogen-bond acceptors (Lipinski definition) is 4. The fourth-order valence-corrected chi connectivity index (χ4v) is 2.49. The van der Waals surface area contributed by atoms with Crippen LogP contribution in [0.2, 0.25) is 0 Å². The van der Waals surface area contributed by atoms with Crippen LogP contribution in [0.4, 0.5) is 5.69 Å². The number of hydrogen-bond donors (Lipinski definition) is 1. The van der Waals surface area contributed by atoms with Crippen molar-refractivity contribution in [3.8, 4) is 0 Å². The summed E-state index contributed by atoms with van der Waals surface area (Å²) in [5.74, 6) is -0.841. The van der Waals surface area contributed by atoms with Crippen LogP contribution >= 0.6 is 33.9 Å². The monoisotopic (exact) mass is 387 g/mol. The van der Waals surface area contributed by atoms with E-state index < -0.39 is 5.97 Å². The molecule has 0 aliphatic carbocycles. The molecule has 0 radical (unpaired) electrons. The molecule has 0 bridgehead atoms. The van der Waals surface area contributed by atoms with Crippen LogP contribution in [0.15, 0.2) is 41.1 Å². The summed E-state index contributed by atoms with van der Waals surface area (Å²) >= 11 is 3.53. The maximum absolute atomic E-state index is 11.6. The van der Waals surface area contributed by atoms with Crippen molar-refractivity contribution in [2.45, 2.75) is 0 Å². The van der Waals surface area contributed by atoms with Crippen LogP contribution in [-0.4, -0.2) is 18.5 Å². The summed E-state index contributed by atoms with van der Waals surface area (Å²) in [4.78, 5) is 23.2. The predicted octanol–water partition coefficient (Wildman–Crippen LogP) is 3.15. The molecular weight excluding hydrogens is 377 g/mol. The fraction of sp³-hybridized carbons (Fsp3) is 0.0769. The number of rotatable bonds is 4. The third-order valence-corrected chi connectivity index (χ3v) is 3.86. The number of nitrogens with one attached hydrogen (secondary N) is 1. The molecule has 0 spiro atoms. The van der Waals surface area contributed by atoms with Crippen molar-refractivity contribution in [1.29, 1.82) is 0 Å². The second kappa shape index (κ2) is 6.67. The normalized spacial score (nSPS) is 9.95. The summed E-state index contributed by atoms with van der Waals surface area (Å²) in [7, 11) is 0. The zero-order chi connectivity index (χ0) is 13.7. The Kier molecular flexibility index (Phi) is 4.92. The molecule has 1 heterocycles. The van der Waals surface area contributed by atoms with E-state index in [9.17, 15) is 9.59 Å². The van der Waals surface area contributed by atoms with Crippen LogP contribution in [0, 0.1) is 3.57 Å². The van der Waals surface area contributed by atoms with E-state index in [2.05, 4.69) is 27.9 Å². The minimum atomic E-state index is -0.487. The van der Waals surface area contributed by atoms with Gasteiger partial charge in [-0.1, -0.05) is 12.1 Å². The zero-order valence-corrected chi connectivity index (χ0v) is 12.7. The van der Waals surface area contributed by atoms with Gasteiger partial charge in [-0.25, -0.2) is 4.79 Å². The van der Waals surface area contributed by atoms with E-state index in [1.54, 1.807) is 22.9 Å². The van der Waals surface area contributed by atoms with E-state index in [0.717, 1.165) is 3.57 Å². The third kappa shape index (κ3) is 4.03. The van der Waals surface area contributed by atoms with Gasteiger partial charge in [-0.15, -0.1) is 0 Å². The molecule has 1 N–H and O–H groups in total. The Balaban J connectivity index is 1.86. The van der Waals surface area contributed by atoms with Gasteiger partial charge in [0.05, 0.1) is 11.3 Å².